The van der Waals surface area contributed by atoms with Crippen molar-refractivity contribution in [1.82, 2.24) is 5.32 Å². The van der Waals surface area contributed by atoms with Gasteiger partial charge in [-0.15, -0.1) is 0 Å². The fourth-order valence-electron chi connectivity index (χ4n) is 3.02. The van der Waals surface area contributed by atoms with Gasteiger partial charge in [-0.05, 0) is 62.4 Å². The summed E-state index contributed by atoms with van der Waals surface area (Å²) in [7, 11) is 2.03. The summed E-state index contributed by atoms with van der Waals surface area (Å²) in [6.45, 7) is 0. The van der Waals surface area contributed by atoms with Crippen molar-refractivity contribution in [1.29, 1.82) is 0 Å². The van der Waals surface area contributed by atoms with E-state index in [0.29, 0.717) is 6.04 Å². The molecule has 0 aromatic heterocycles. The largest absolute Gasteiger partial charge is 0.317 e. The van der Waals surface area contributed by atoms with Gasteiger partial charge in [-0.25, -0.2) is 4.39 Å². The molecule has 18 heavy (non-hydrogen) atoms. The van der Waals surface area contributed by atoms with Crippen LogP contribution in [0.3, 0.4) is 0 Å². The monoisotopic (exact) mass is 313 g/mol. The molecule has 0 amide bonds. The summed E-state index contributed by atoms with van der Waals surface area (Å²) in [6, 6.07) is 5.73. The van der Waals surface area contributed by atoms with Gasteiger partial charge in [-0.3, -0.25) is 0 Å². The van der Waals surface area contributed by atoms with Crippen molar-refractivity contribution < 1.29 is 4.39 Å². The Hall–Kier alpha value is -0.410. The van der Waals surface area contributed by atoms with E-state index >= 15 is 0 Å². The molecule has 0 saturated heterocycles. The first-order chi connectivity index (χ1) is 8.70. The van der Waals surface area contributed by atoms with Crippen LogP contribution in [0, 0.1) is 11.7 Å². The van der Waals surface area contributed by atoms with Gasteiger partial charge in [0.1, 0.15) is 5.82 Å². The Morgan fingerprint density at radius 1 is 1.39 bits per heavy atom. The van der Waals surface area contributed by atoms with Gasteiger partial charge in [0.25, 0.3) is 0 Å². The molecular formula is C15H21BrFN. The minimum atomic E-state index is -0.0838. The molecule has 1 aliphatic carbocycles. The zero-order valence-electron chi connectivity index (χ0n) is 10.9. The van der Waals surface area contributed by atoms with Crippen LogP contribution in [0.15, 0.2) is 22.7 Å². The van der Waals surface area contributed by atoms with E-state index in [0.717, 1.165) is 28.8 Å². The second kappa shape index (κ2) is 6.67. The standard InChI is InChI=1S/C15H21BrFN/c1-18-15(11-4-2-3-5-11)9-6-12-10-13(16)7-8-14(12)17/h7-8,10-11,15,18H,2-6,9H2,1H3. The van der Waals surface area contributed by atoms with Gasteiger partial charge in [0.05, 0.1) is 0 Å². The quantitative estimate of drug-likeness (QED) is 0.854. The van der Waals surface area contributed by atoms with Crippen molar-refractivity contribution >= 4 is 15.9 Å². The Morgan fingerprint density at radius 3 is 2.78 bits per heavy atom. The number of benzene rings is 1. The second-order valence-electron chi connectivity index (χ2n) is 5.21. The van der Waals surface area contributed by atoms with Gasteiger partial charge in [0.15, 0.2) is 0 Å². The lowest BCUT2D eigenvalue weighted by Crippen LogP contribution is -2.32. The van der Waals surface area contributed by atoms with Crippen molar-refractivity contribution in [2.75, 3.05) is 7.05 Å². The Balaban J connectivity index is 1.94. The molecule has 1 fully saturated rings. The van der Waals surface area contributed by atoms with Crippen LogP contribution in [-0.4, -0.2) is 13.1 Å². The molecule has 3 heteroatoms. The topological polar surface area (TPSA) is 12.0 Å². The highest BCUT2D eigenvalue weighted by Crippen LogP contribution is 2.29. The number of nitrogens with one attached hydrogen (secondary N) is 1. The predicted octanol–water partition coefficient (Wildman–Crippen LogP) is 4.30. The van der Waals surface area contributed by atoms with E-state index in [1.54, 1.807) is 12.1 Å². The van der Waals surface area contributed by atoms with E-state index in [1.807, 2.05) is 13.1 Å². The third-order valence-electron chi connectivity index (χ3n) is 4.07. The lowest BCUT2D eigenvalue weighted by molar-refractivity contribution is 0.358. The molecule has 100 valence electrons. The maximum absolute atomic E-state index is 13.7. The highest BCUT2D eigenvalue weighted by molar-refractivity contribution is 9.10. The van der Waals surface area contributed by atoms with E-state index in [4.69, 9.17) is 0 Å². The van der Waals surface area contributed by atoms with E-state index in [9.17, 15) is 4.39 Å². The molecule has 0 spiro atoms. The molecule has 1 atom stereocenters. The third-order valence-corrected chi connectivity index (χ3v) is 4.57. The molecule has 1 aliphatic rings. The molecule has 1 aromatic carbocycles. The fraction of sp³-hybridized carbons (Fsp3) is 0.600. The highest BCUT2D eigenvalue weighted by atomic mass is 79.9. The minimum Gasteiger partial charge on any atom is -0.317 e. The number of halogens is 2. The summed E-state index contributed by atoms with van der Waals surface area (Å²) < 4.78 is 14.6. The zero-order valence-corrected chi connectivity index (χ0v) is 12.5. The SMILES string of the molecule is CNC(CCc1cc(Br)ccc1F)C1CCCC1. The molecule has 0 aliphatic heterocycles. The highest BCUT2D eigenvalue weighted by Gasteiger charge is 2.23. The van der Waals surface area contributed by atoms with Crippen LogP contribution in [0.2, 0.25) is 0 Å². The molecule has 1 nitrogen and oxygen atoms in total. The van der Waals surface area contributed by atoms with Gasteiger partial charge in [0.2, 0.25) is 0 Å². The van der Waals surface area contributed by atoms with E-state index in [1.165, 1.54) is 25.7 Å². The third kappa shape index (κ3) is 3.55. The van der Waals surface area contributed by atoms with E-state index < -0.39 is 0 Å². The fourth-order valence-corrected chi connectivity index (χ4v) is 3.43. The van der Waals surface area contributed by atoms with Crippen LogP contribution < -0.4 is 5.32 Å². The predicted molar refractivity (Wildman–Crippen MR) is 77.2 cm³/mol. The maximum Gasteiger partial charge on any atom is 0.126 e. The Bertz CT molecular complexity index is 388. The van der Waals surface area contributed by atoms with E-state index in [2.05, 4.69) is 21.2 Å². The summed E-state index contributed by atoms with van der Waals surface area (Å²) in [6.07, 6.45) is 7.20. The smallest absolute Gasteiger partial charge is 0.126 e. The molecule has 0 radical (unpaired) electrons. The van der Waals surface area contributed by atoms with Gasteiger partial charge < -0.3 is 5.32 Å². The first-order valence-corrected chi connectivity index (χ1v) is 7.61. The maximum atomic E-state index is 13.7. The van der Waals surface area contributed by atoms with E-state index in [-0.39, 0.29) is 5.82 Å². The number of aryl methyl sites for hydroxylation is 1. The average Bonchev–Trinajstić information content (AvgIpc) is 2.88. The Kier molecular flexibility index (Phi) is 5.19. The van der Waals surface area contributed by atoms with Crippen molar-refractivity contribution in [3.05, 3.63) is 34.1 Å². The van der Waals surface area contributed by atoms with Crippen LogP contribution >= 0.6 is 15.9 Å². The number of hydrogen-bond acceptors (Lipinski definition) is 1. The van der Waals surface area contributed by atoms with Crippen LogP contribution in [0.1, 0.15) is 37.7 Å². The van der Waals surface area contributed by atoms with Gasteiger partial charge in [-0.2, -0.15) is 0 Å². The van der Waals surface area contributed by atoms with Crippen molar-refractivity contribution in [2.24, 2.45) is 5.92 Å². The minimum absolute atomic E-state index is 0.0838. The van der Waals surface area contributed by atoms with Crippen LogP contribution in [-0.2, 0) is 6.42 Å². The van der Waals surface area contributed by atoms with Crippen LogP contribution in [0.5, 0.6) is 0 Å². The summed E-state index contributed by atoms with van der Waals surface area (Å²) in [4.78, 5) is 0. The first-order valence-electron chi connectivity index (χ1n) is 6.82. The average molecular weight is 314 g/mol. The van der Waals surface area contributed by atoms with Crippen LogP contribution in [0.25, 0.3) is 0 Å². The zero-order chi connectivity index (χ0) is 13.0. The van der Waals surface area contributed by atoms with Crippen molar-refractivity contribution in [3.8, 4) is 0 Å². The molecule has 1 unspecified atom stereocenters. The number of hydrogen-bond donors (Lipinski definition) is 1. The van der Waals surface area contributed by atoms with Crippen molar-refractivity contribution in [2.45, 2.75) is 44.6 Å². The second-order valence-corrected chi connectivity index (χ2v) is 6.13. The van der Waals surface area contributed by atoms with Crippen LogP contribution in [0.4, 0.5) is 4.39 Å². The van der Waals surface area contributed by atoms with Gasteiger partial charge >= 0.3 is 0 Å². The van der Waals surface area contributed by atoms with Gasteiger partial charge in [0, 0.05) is 10.5 Å². The van der Waals surface area contributed by atoms with Crippen molar-refractivity contribution in [3.63, 3.8) is 0 Å². The molecule has 0 heterocycles. The molecule has 1 aromatic rings. The summed E-state index contributed by atoms with van der Waals surface area (Å²) in [5.41, 5.74) is 0.822. The number of rotatable bonds is 5. The molecule has 0 bridgehead atoms. The van der Waals surface area contributed by atoms with Gasteiger partial charge in [-0.1, -0.05) is 28.8 Å². The molecule has 1 saturated carbocycles. The summed E-state index contributed by atoms with van der Waals surface area (Å²) in [5, 5.41) is 3.41. The Labute approximate surface area is 117 Å². The molecular weight excluding hydrogens is 293 g/mol. The molecule has 2 rings (SSSR count). The summed E-state index contributed by atoms with van der Waals surface area (Å²) >= 11 is 3.40. The lowest BCUT2D eigenvalue weighted by Gasteiger charge is -2.23. The summed E-state index contributed by atoms with van der Waals surface area (Å²) in [5.74, 6) is 0.699. The molecule has 1 N–H and O–H groups in total. The first kappa shape index (κ1) is 14.0. The normalized spacial score (nSPS) is 18.2. The lowest BCUT2D eigenvalue weighted by atomic mass is 9.92. The Morgan fingerprint density at radius 2 is 2.11 bits per heavy atom.